The van der Waals surface area contributed by atoms with Gasteiger partial charge in [0.1, 0.15) is 0 Å². The fraction of sp³-hybridized carbons (Fsp3) is 0.588. The zero-order valence-electron chi connectivity index (χ0n) is 14.2. The fourth-order valence-corrected chi connectivity index (χ4v) is 2.27. The van der Waals surface area contributed by atoms with Crippen molar-refractivity contribution in [3.8, 4) is 0 Å². The highest BCUT2D eigenvalue weighted by atomic mass is 16.6. The standard InChI is InChI=1S/C17H25NO5/c1-5-21-14(11-13-10-12(4)8-9-18-13)15(16(19)22-6-2)17(20)23-7-3/h8-10,14-15H,5-7,11H2,1-4H3. The summed E-state index contributed by atoms with van der Waals surface area (Å²) < 4.78 is 15.7. The van der Waals surface area contributed by atoms with Gasteiger partial charge in [0.2, 0.25) is 0 Å². The predicted molar refractivity (Wildman–Crippen MR) is 84.8 cm³/mol. The van der Waals surface area contributed by atoms with Gasteiger partial charge in [0, 0.05) is 24.9 Å². The van der Waals surface area contributed by atoms with Crippen LogP contribution in [0.3, 0.4) is 0 Å². The average Bonchev–Trinajstić information content (AvgIpc) is 2.48. The van der Waals surface area contributed by atoms with Crippen molar-refractivity contribution < 1.29 is 23.8 Å². The molecule has 0 bridgehead atoms. The van der Waals surface area contributed by atoms with E-state index >= 15 is 0 Å². The van der Waals surface area contributed by atoms with Crippen LogP contribution < -0.4 is 0 Å². The van der Waals surface area contributed by atoms with Crippen molar-refractivity contribution in [3.05, 3.63) is 29.6 Å². The molecule has 0 aliphatic carbocycles. The highest BCUT2D eigenvalue weighted by Crippen LogP contribution is 2.18. The summed E-state index contributed by atoms with van der Waals surface area (Å²) in [5.74, 6) is -2.37. The number of aromatic nitrogens is 1. The number of aryl methyl sites for hydroxylation is 1. The first-order valence-electron chi connectivity index (χ1n) is 7.89. The molecule has 0 N–H and O–H groups in total. The van der Waals surface area contributed by atoms with Crippen LogP contribution in [0.15, 0.2) is 18.3 Å². The Kier molecular flexibility index (Phi) is 8.26. The highest BCUT2D eigenvalue weighted by Gasteiger charge is 2.38. The number of ether oxygens (including phenoxy) is 3. The minimum atomic E-state index is -1.11. The maximum atomic E-state index is 12.2. The molecule has 1 rings (SSSR count). The van der Waals surface area contributed by atoms with Crippen molar-refractivity contribution >= 4 is 11.9 Å². The highest BCUT2D eigenvalue weighted by molar-refractivity contribution is 5.95. The summed E-state index contributed by atoms with van der Waals surface area (Å²) in [5.41, 5.74) is 1.80. The lowest BCUT2D eigenvalue weighted by Crippen LogP contribution is -2.40. The number of carbonyl (C=O) groups is 2. The van der Waals surface area contributed by atoms with E-state index in [1.54, 1.807) is 20.0 Å². The van der Waals surface area contributed by atoms with Crippen molar-refractivity contribution in [1.29, 1.82) is 0 Å². The van der Waals surface area contributed by atoms with E-state index in [2.05, 4.69) is 4.98 Å². The molecule has 128 valence electrons. The van der Waals surface area contributed by atoms with Crippen LogP contribution in [0.25, 0.3) is 0 Å². The molecule has 0 aliphatic heterocycles. The molecule has 1 atom stereocenters. The van der Waals surface area contributed by atoms with Crippen molar-refractivity contribution in [2.24, 2.45) is 5.92 Å². The van der Waals surface area contributed by atoms with Gasteiger partial charge in [-0.25, -0.2) is 0 Å². The molecular formula is C17H25NO5. The van der Waals surface area contributed by atoms with Crippen LogP contribution in [-0.4, -0.2) is 42.8 Å². The molecule has 0 saturated carbocycles. The van der Waals surface area contributed by atoms with E-state index in [0.29, 0.717) is 13.0 Å². The Hall–Kier alpha value is -1.95. The molecule has 0 spiro atoms. The van der Waals surface area contributed by atoms with Gasteiger partial charge in [-0.05, 0) is 45.4 Å². The van der Waals surface area contributed by atoms with E-state index in [9.17, 15) is 9.59 Å². The summed E-state index contributed by atoms with van der Waals surface area (Å²) in [6.45, 7) is 7.90. The van der Waals surface area contributed by atoms with E-state index in [1.807, 2.05) is 26.0 Å². The van der Waals surface area contributed by atoms with Gasteiger partial charge in [-0.15, -0.1) is 0 Å². The topological polar surface area (TPSA) is 74.7 Å². The molecule has 0 aromatic carbocycles. The molecule has 1 aromatic heterocycles. The monoisotopic (exact) mass is 323 g/mol. The second-order valence-corrected chi connectivity index (χ2v) is 5.00. The predicted octanol–water partition coefficient (Wildman–Crippen LogP) is 2.08. The summed E-state index contributed by atoms with van der Waals surface area (Å²) in [6, 6.07) is 3.78. The molecule has 1 aromatic rings. The number of esters is 2. The van der Waals surface area contributed by atoms with Gasteiger partial charge in [-0.3, -0.25) is 14.6 Å². The van der Waals surface area contributed by atoms with E-state index in [-0.39, 0.29) is 13.2 Å². The van der Waals surface area contributed by atoms with Gasteiger partial charge in [-0.2, -0.15) is 0 Å². The van der Waals surface area contributed by atoms with E-state index in [4.69, 9.17) is 14.2 Å². The number of nitrogens with zero attached hydrogens (tertiary/aromatic N) is 1. The Bertz CT molecular complexity index is 499. The maximum Gasteiger partial charge on any atom is 0.323 e. The molecule has 1 heterocycles. The molecule has 0 amide bonds. The quantitative estimate of drug-likeness (QED) is 0.512. The van der Waals surface area contributed by atoms with Crippen molar-refractivity contribution in [3.63, 3.8) is 0 Å². The van der Waals surface area contributed by atoms with Crippen molar-refractivity contribution in [2.45, 2.75) is 40.2 Å². The van der Waals surface area contributed by atoms with Gasteiger partial charge in [0.25, 0.3) is 0 Å². The summed E-state index contributed by atoms with van der Waals surface area (Å²) in [7, 11) is 0. The third kappa shape index (κ3) is 5.98. The Morgan fingerprint density at radius 1 is 1.09 bits per heavy atom. The maximum absolute atomic E-state index is 12.2. The summed E-state index contributed by atoms with van der Waals surface area (Å²) in [4.78, 5) is 28.7. The largest absolute Gasteiger partial charge is 0.465 e. The molecule has 0 radical (unpaired) electrons. The Morgan fingerprint density at radius 3 is 2.17 bits per heavy atom. The number of rotatable bonds is 9. The van der Waals surface area contributed by atoms with Crippen LogP contribution in [0.4, 0.5) is 0 Å². The van der Waals surface area contributed by atoms with E-state index in [1.165, 1.54) is 0 Å². The van der Waals surface area contributed by atoms with Crippen LogP contribution >= 0.6 is 0 Å². The van der Waals surface area contributed by atoms with Crippen LogP contribution in [0, 0.1) is 12.8 Å². The fourth-order valence-electron chi connectivity index (χ4n) is 2.27. The lowest BCUT2D eigenvalue weighted by molar-refractivity contribution is -0.169. The lowest BCUT2D eigenvalue weighted by atomic mass is 9.97. The third-order valence-electron chi connectivity index (χ3n) is 3.22. The van der Waals surface area contributed by atoms with Crippen LogP contribution in [0.5, 0.6) is 0 Å². The number of hydrogen-bond donors (Lipinski definition) is 0. The summed E-state index contributed by atoms with van der Waals surface area (Å²) in [5, 5.41) is 0. The number of pyridine rings is 1. The Labute approximate surface area is 137 Å². The number of carbonyl (C=O) groups excluding carboxylic acids is 2. The first-order chi connectivity index (χ1) is 11.0. The molecule has 6 heteroatoms. The van der Waals surface area contributed by atoms with Gasteiger partial charge in [0.05, 0.1) is 19.3 Å². The zero-order chi connectivity index (χ0) is 17.2. The van der Waals surface area contributed by atoms with Gasteiger partial charge in [0.15, 0.2) is 5.92 Å². The van der Waals surface area contributed by atoms with E-state index < -0.39 is 24.0 Å². The molecule has 0 fully saturated rings. The lowest BCUT2D eigenvalue weighted by Gasteiger charge is -2.24. The first-order valence-corrected chi connectivity index (χ1v) is 7.89. The van der Waals surface area contributed by atoms with Crippen LogP contribution in [-0.2, 0) is 30.2 Å². The number of hydrogen-bond acceptors (Lipinski definition) is 6. The summed E-state index contributed by atoms with van der Waals surface area (Å²) in [6.07, 6.45) is 1.35. The SMILES string of the molecule is CCOC(=O)C(C(=O)OCC)C(Cc1cc(C)ccn1)OCC. The van der Waals surface area contributed by atoms with Gasteiger partial charge in [-0.1, -0.05) is 0 Å². The van der Waals surface area contributed by atoms with Gasteiger partial charge >= 0.3 is 11.9 Å². The minimum absolute atomic E-state index is 0.191. The average molecular weight is 323 g/mol. The molecule has 23 heavy (non-hydrogen) atoms. The molecule has 0 saturated heterocycles. The minimum Gasteiger partial charge on any atom is -0.465 e. The molecule has 0 aliphatic rings. The smallest absolute Gasteiger partial charge is 0.323 e. The first kappa shape index (κ1) is 19.1. The van der Waals surface area contributed by atoms with Crippen molar-refractivity contribution in [1.82, 2.24) is 4.98 Å². The Balaban J connectivity index is 3.02. The van der Waals surface area contributed by atoms with Crippen LogP contribution in [0.2, 0.25) is 0 Å². The molecular weight excluding hydrogens is 298 g/mol. The summed E-state index contributed by atoms with van der Waals surface area (Å²) >= 11 is 0. The second-order valence-electron chi connectivity index (χ2n) is 5.00. The van der Waals surface area contributed by atoms with Crippen molar-refractivity contribution in [2.75, 3.05) is 19.8 Å². The molecule has 6 nitrogen and oxygen atoms in total. The third-order valence-corrected chi connectivity index (χ3v) is 3.22. The normalized spacial score (nSPS) is 12.0. The zero-order valence-corrected chi connectivity index (χ0v) is 14.2. The Morgan fingerprint density at radius 2 is 1.70 bits per heavy atom. The van der Waals surface area contributed by atoms with Crippen LogP contribution in [0.1, 0.15) is 32.0 Å². The van der Waals surface area contributed by atoms with Gasteiger partial charge < -0.3 is 14.2 Å². The second kappa shape index (κ2) is 9.94. The van der Waals surface area contributed by atoms with E-state index in [0.717, 1.165) is 11.3 Å². The molecule has 1 unspecified atom stereocenters.